The summed E-state index contributed by atoms with van der Waals surface area (Å²) in [6.07, 6.45) is 0.232. The van der Waals surface area contributed by atoms with E-state index in [0.717, 1.165) is 16.9 Å². The Morgan fingerprint density at radius 2 is 2.07 bits per heavy atom. The van der Waals surface area contributed by atoms with Crippen molar-refractivity contribution in [3.63, 3.8) is 0 Å². The van der Waals surface area contributed by atoms with Crippen LogP contribution in [0.5, 0.6) is 11.5 Å². The Balaban J connectivity index is 1.53. The fraction of sp³-hybridized carbons (Fsp3) is 0.333. The number of hydrogen-bond donors (Lipinski definition) is 1. The minimum atomic E-state index is -0.136. The van der Waals surface area contributed by atoms with Crippen LogP contribution in [0.15, 0.2) is 42.5 Å². The predicted octanol–water partition coefficient (Wildman–Crippen LogP) is 2.83. The van der Waals surface area contributed by atoms with Crippen molar-refractivity contribution in [2.75, 3.05) is 24.7 Å². The summed E-state index contributed by atoms with van der Waals surface area (Å²) in [4.78, 5) is 26.0. The SMILES string of the molecule is CCOc1ccc(CNC(=O)CCN2C(=O)COc3ccccc32)cc1C. The third kappa shape index (κ3) is 4.58. The Kier molecular flexibility index (Phi) is 5.96. The zero-order valence-corrected chi connectivity index (χ0v) is 15.7. The van der Waals surface area contributed by atoms with E-state index < -0.39 is 0 Å². The van der Waals surface area contributed by atoms with Gasteiger partial charge in [-0.1, -0.05) is 24.3 Å². The molecule has 2 amide bonds. The van der Waals surface area contributed by atoms with Gasteiger partial charge in [-0.25, -0.2) is 0 Å². The third-order valence-electron chi connectivity index (χ3n) is 4.40. The van der Waals surface area contributed by atoms with Crippen LogP contribution in [-0.2, 0) is 16.1 Å². The monoisotopic (exact) mass is 368 g/mol. The van der Waals surface area contributed by atoms with Gasteiger partial charge < -0.3 is 19.7 Å². The van der Waals surface area contributed by atoms with Crippen LogP contribution < -0.4 is 19.7 Å². The lowest BCUT2D eigenvalue weighted by Crippen LogP contribution is -2.41. The molecule has 6 heteroatoms. The zero-order chi connectivity index (χ0) is 19.2. The summed E-state index contributed by atoms with van der Waals surface area (Å²) < 4.78 is 10.9. The first kappa shape index (κ1) is 18.8. The molecule has 1 aliphatic heterocycles. The molecule has 0 atom stereocenters. The Hall–Kier alpha value is -3.02. The summed E-state index contributed by atoms with van der Waals surface area (Å²) in [6, 6.07) is 13.2. The number of carbonyl (C=O) groups excluding carboxylic acids is 2. The lowest BCUT2D eigenvalue weighted by Gasteiger charge is -2.29. The number of carbonyl (C=O) groups is 2. The fourth-order valence-corrected chi connectivity index (χ4v) is 3.04. The van der Waals surface area contributed by atoms with Crippen LogP contribution in [0.25, 0.3) is 0 Å². The quantitative estimate of drug-likeness (QED) is 0.816. The molecule has 0 saturated carbocycles. The van der Waals surface area contributed by atoms with Crippen LogP contribution in [0.1, 0.15) is 24.5 Å². The third-order valence-corrected chi connectivity index (χ3v) is 4.40. The normalized spacial score (nSPS) is 13.0. The van der Waals surface area contributed by atoms with E-state index in [1.54, 1.807) is 4.90 Å². The molecule has 0 saturated heterocycles. The van der Waals surface area contributed by atoms with Crippen molar-refractivity contribution in [2.45, 2.75) is 26.8 Å². The molecular weight excluding hydrogens is 344 g/mol. The average Bonchev–Trinajstić information content (AvgIpc) is 2.67. The van der Waals surface area contributed by atoms with Crippen molar-refractivity contribution in [1.82, 2.24) is 5.32 Å². The lowest BCUT2D eigenvalue weighted by atomic mass is 10.1. The maximum absolute atomic E-state index is 12.2. The highest BCUT2D eigenvalue weighted by Crippen LogP contribution is 2.31. The largest absolute Gasteiger partial charge is 0.494 e. The first-order valence-corrected chi connectivity index (χ1v) is 9.09. The standard InChI is InChI=1S/C21H24N2O4/c1-3-26-18-9-8-16(12-15(18)2)13-22-20(24)10-11-23-17-6-4-5-7-19(17)27-14-21(23)25/h4-9,12H,3,10-11,13-14H2,1-2H3,(H,22,24). The molecule has 3 rings (SSSR count). The molecule has 0 fully saturated rings. The highest BCUT2D eigenvalue weighted by atomic mass is 16.5. The fourth-order valence-electron chi connectivity index (χ4n) is 3.04. The zero-order valence-electron chi connectivity index (χ0n) is 15.7. The van der Waals surface area contributed by atoms with Crippen LogP contribution in [-0.4, -0.2) is 31.6 Å². The molecule has 27 heavy (non-hydrogen) atoms. The maximum atomic E-state index is 12.2. The van der Waals surface area contributed by atoms with Crippen molar-refractivity contribution in [1.29, 1.82) is 0 Å². The average molecular weight is 368 g/mol. The first-order chi connectivity index (χ1) is 13.1. The van der Waals surface area contributed by atoms with Gasteiger partial charge in [0.2, 0.25) is 5.91 Å². The van der Waals surface area contributed by atoms with Gasteiger partial charge in [-0.05, 0) is 43.2 Å². The number of para-hydroxylation sites is 2. The number of aryl methyl sites for hydroxylation is 1. The molecule has 6 nitrogen and oxygen atoms in total. The van der Waals surface area contributed by atoms with Crippen LogP contribution in [0.2, 0.25) is 0 Å². The van der Waals surface area contributed by atoms with Crippen LogP contribution in [0, 0.1) is 6.92 Å². The van der Waals surface area contributed by atoms with Gasteiger partial charge in [-0.2, -0.15) is 0 Å². The molecular formula is C21H24N2O4. The highest BCUT2D eigenvalue weighted by Gasteiger charge is 2.25. The molecule has 0 radical (unpaired) electrons. The van der Waals surface area contributed by atoms with Crippen molar-refractivity contribution >= 4 is 17.5 Å². The number of fused-ring (bicyclic) bond motifs is 1. The van der Waals surface area contributed by atoms with E-state index in [-0.39, 0.29) is 24.8 Å². The first-order valence-electron chi connectivity index (χ1n) is 9.09. The van der Waals surface area contributed by atoms with Gasteiger partial charge in [0.25, 0.3) is 5.91 Å². The Bertz CT molecular complexity index is 835. The Morgan fingerprint density at radius 1 is 1.26 bits per heavy atom. The number of hydrogen-bond acceptors (Lipinski definition) is 4. The molecule has 1 N–H and O–H groups in total. The van der Waals surface area contributed by atoms with Crippen LogP contribution in [0.3, 0.4) is 0 Å². The Morgan fingerprint density at radius 3 is 2.85 bits per heavy atom. The van der Waals surface area contributed by atoms with Crippen LogP contribution >= 0.6 is 0 Å². The van der Waals surface area contributed by atoms with Gasteiger partial charge in [-0.3, -0.25) is 9.59 Å². The Labute approximate surface area is 159 Å². The molecule has 2 aromatic carbocycles. The van der Waals surface area contributed by atoms with E-state index in [2.05, 4.69) is 5.32 Å². The molecule has 0 aliphatic carbocycles. The number of anilines is 1. The van der Waals surface area contributed by atoms with E-state index in [4.69, 9.17) is 9.47 Å². The van der Waals surface area contributed by atoms with Crippen molar-refractivity contribution in [2.24, 2.45) is 0 Å². The summed E-state index contributed by atoms with van der Waals surface area (Å²) in [5.41, 5.74) is 2.76. The summed E-state index contributed by atoms with van der Waals surface area (Å²) >= 11 is 0. The highest BCUT2D eigenvalue weighted by molar-refractivity contribution is 5.98. The van der Waals surface area contributed by atoms with Crippen molar-refractivity contribution in [3.05, 3.63) is 53.6 Å². The molecule has 0 unspecified atom stereocenters. The summed E-state index contributed by atoms with van der Waals surface area (Å²) in [5, 5.41) is 2.91. The van der Waals surface area contributed by atoms with E-state index in [1.807, 2.05) is 56.3 Å². The van der Waals surface area contributed by atoms with Crippen molar-refractivity contribution in [3.8, 4) is 11.5 Å². The summed E-state index contributed by atoms with van der Waals surface area (Å²) in [5.74, 6) is 1.29. The van der Waals surface area contributed by atoms with E-state index >= 15 is 0 Å². The van der Waals surface area contributed by atoms with Crippen LogP contribution in [0.4, 0.5) is 5.69 Å². The number of nitrogens with zero attached hydrogens (tertiary/aromatic N) is 1. The molecule has 2 aromatic rings. The van der Waals surface area contributed by atoms with Gasteiger partial charge in [0, 0.05) is 19.5 Å². The van der Waals surface area contributed by atoms with E-state index in [1.165, 1.54) is 0 Å². The minimum Gasteiger partial charge on any atom is -0.494 e. The van der Waals surface area contributed by atoms with Crippen molar-refractivity contribution < 1.29 is 19.1 Å². The number of ether oxygens (including phenoxy) is 2. The van der Waals surface area contributed by atoms with Gasteiger partial charge in [0.05, 0.1) is 12.3 Å². The molecule has 0 aromatic heterocycles. The number of nitrogens with one attached hydrogen (secondary N) is 1. The van der Waals surface area contributed by atoms with E-state index in [0.29, 0.717) is 31.1 Å². The lowest BCUT2D eigenvalue weighted by molar-refractivity contribution is -0.122. The minimum absolute atomic E-state index is 0.00406. The summed E-state index contributed by atoms with van der Waals surface area (Å²) in [6.45, 7) is 5.33. The maximum Gasteiger partial charge on any atom is 0.265 e. The molecule has 0 bridgehead atoms. The number of benzene rings is 2. The second-order valence-electron chi connectivity index (χ2n) is 6.36. The second kappa shape index (κ2) is 8.58. The topological polar surface area (TPSA) is 67.9 Å². The smallest absolute Gasteiger partial charge is 0.265 e. The van der Waals surface area contributed by atoms with Gasteiger partial charge in [0.15, 0.2) is 6.61 Å². The number of amides is 2. The van der Waals surface area contributed by atoms with Gasteiger partial charge in [-0.15, -0.1) is 0 Å². The predicted molar refractivity (Wildman–Crippen MR) is 103 cm³/mol. The molecule has 0 spiro atoms. The van der Waals surface area contributed by atoms with E-state index in [9.17, 15) is 9.59 Å². The second-order valence-corrected chi connectivity index (χ2v) is 6.36. The molecule has 1 aliphatic rings. The molecule has 142 valence electrons. The van der Waals surface area contributed by atoms with Gasteiger partial charge in [0.1, 0.15) is 11.5 Å². The summed E-state index contributed by atoms with van der Waals surface area (Å²) in [7, 11) is 0. The van der Waals surface area contributed by atoms with Gasteiger partial charge >= 0.3 is 0 Å². The molecule has 1 heterocycles. The number of rotatable bonds is 7.